The van der Waals surface area contributed by atoms with Gasteiger partial charge < -0.3 is 15.2 Å². The summed E-state index contributed by atoms with van der Waals surface area (Å²) >= 11 is 0. The van der Waals surface area contributed by atoms with E-state index in [1.807, 2.05) is 7.05 Å². The molecule has 2 fully saturated rings. The summed E-state index contributed by atoms with van der Waals surface area (Å²) in [5, 5.41) is 12.5. The molecular formula is C13H26N2O2. The molecule has 2 rings (SSSR count). The molecule has 4 heteroatoms. The molecule has 2 aliphatic heterocycles. The molecule has 2 N–H and O–H groups in total. The summed E-state index contributed by atoms with van der Waals surface area (Å²) in [5.74, 6) is 0. The average Bonchev–Trinajstić information content (AvgIpc) is 2.68. The van der Waals surface area contributed by atoms with Gasteiger partial charge in [-0.05, 0) is 46.2 Å². The third-order valence-electron chi connectivity index (χ3n) is 4.27. The minimum atomic E-state index is -0.120. The molecule has 0 aliphatic carbocycles. The minimum absolute atomic E-state index is 0.120. The Morgan fingerprint density at radius 1 is 1.35 bits per heavy atom. The number of aliphatic hydroxyl groups excluding tert-OH is 1. The lowest BCUT2D eigenvalue weighted by Crippen LogP contribution is -2.46. The largest absolute Gasteiger partial charge is 0.394 e. The van der Waals surface area contributed by atoms with Crippen molar-refractivity contribution in [3.63, 3.8) is 0 Å². The molecule has 3 unspecified atom stereocenters. The van der Waals surface area contributed by atoms with Crippen molar-refractivity contribution < 1.29 is 9.84 Å². The molecule has 0 aromatic rings. The molecule has 0 amide bonds. The van der Waals surface area contributed by atoms with Crippen LogP contribution in [0.15, 0.2) is 0 Å². The van der Waals surface area contributed by atoms with Gasteiger partial charge in [0.05, 0.1) is 18.8 Å². The molecule has 0 spiro atoms. The lowest BCUT2D eigenvalue weighted by Gasteiger charge is -2.33. The molecule has 2 bridgehead atoms. The van der Waals surface area contributed by atoms with Crippen LogP contribution >= 0.6 is 0 Å². The fourth-order valence-corrected chi connectivity index (χ4v) is 2.86. The Morgan fingerprint density at radius 2 is 2.00 bits per heavy atom. The SMILES string of the molecule is CNC(C)(CO)CCCN1CC2CCC(C1)O2. The number of morpholine rings is 1. The monoisotopic (exact) mass is 242 g/mol. The van der Waals surface area contributed by atoms with Gasteiger partial charge in [0.25, 0.3) is 0 Å². The standard InChI is InChI=1S/C13H26N2O2/c1-13(10-16,14-2)6-3-7-15-8-11-4-5-12(9-15)17-11/h11-12,14,16H,3-10H2,1-2H3. The van der Waals surface area contributed by atoms with Crippen molar-refractivity contribution in [1.82, 2.24) is 10.2 Å². The van der Waals surface area contributed by atoms with Gasteiger partial charge in [-0.3, -0.25) is 4.90 Å². The average molecular weight is 242 g/mol. The summed E-state index contributed by atoms with van der Waals surface area (Å²) in [7, 11) is 1.92. The van der Waals surface area contributed by atoms with Gasteiger partial charge in [0.15, 0.2) is 0 Å². The smallest absolute Gasteiger partial charge is 0.0707 e. The zero-order chi connectivity index (χ0) is 12.3. The molecule has 0 aromatic carbocycles. The molecule has 2 heterocycles. The van der Waals surface area contributed by atoms with Gasteiger partial charge in [0, 0.05) is 18.6 Å². The van der Waals surface area contributed by atoms with Crippen LogP contribution in [0, 0.1) is 0 Å². The molecule has 100 valence electrons. The molecule has 4 nitrogen and oxygen atoms in total. The van der Waals surface area contributed by atoms with Crippen molar-refractivity contribution in [3.05, 3.63) is 0 Å². The van der Waals surface area contributed by atoms with Crippen LogP contribution in [0.1, 0.15) is 32.6 Å². The van der Waals surface area contributed by atoms with Gasteiger partial charge in [-0.2, -0.15) is 0 Å². The quantitative estimate of drug-likeness (QED) is 0.716. The van der Waals surface area contributed by atoms with E-state index in [2.05, 4.69) is 17.1 Å². The second kappa shape index (κ2) is 5.65. The highest BCUT2D eigenvalue weighted by atomic mass is 16.5. The van der Waals surface area contributed by atoms with Crippen LogP contribution < -0.4 is 5.32 Å². The highest BCUT2D eigenvalue weighted by molar-refractivity contribution is 4.86. The van der Waals surface area contributed by atoms with Crippen LogP contribution in [0.4, 0.5) is 0 Å². The second-order valence-corrected chi connectivity index (χ2v) is 5.79. The molecule has 3 atom stereocenters. The zero-order valence-electron chi connectivity index (χ0n) is 11.1. The van der Waals surface area contributed by atoms with Crippen molar-refractivity contribution >= 4 is 0 Å². The molecule has 0 aromatic heterocycles. The summed E-state index contributed by atoms with van der Waals surface area (Å²) in [4.78, 5) is 2.53. The van der Waals surface area contributed by atoms with Crippen molar-refractivity contribution in [1.29, 1.82) is 0 Å². The highest BCUT2D eigenvalue weighted by Crippen LogP contribution is 2.26. The van der Waals surface area contributed by atoms with E-state index in [0.29, 0.717) is 12.2 Å². The summed E-state index contributed by atoms with van der Waals surface area (Å²) in [6.45, 7) is 5.62. The number of aliphatic hydroxyl groups is 1. The topological polar surface area (TPSA) is 44.7 Å². The molecule has 0 radical (unpaired) electrons. The van der Waals surface area contributed by atoms with Crippen LogP contribution in [0.2, 0.25) is 0 Å². The fourth-order valence-electron chi connectivity index (χ4n) is 2.86. The van der Waals surface area contributed by atoms with Crippen LogP contribution in [0.3, 0.4) is 0 Å². The maximum atomic E-state index is 9.32. The van der Waals surface area contributed by atoms with Gasteiger partial charge in [-0.15, -0.1) is 0 Å². The van der Waals surface area contributed by atoms with Crippen LogP contribution in [0.25, 0.3) is 0 Å². The minimum Gasteiger partial charge on any atom is -0.394 e. The van der Waals surface area contributed by atoms with E-state index in [-0.39, 0.29) is 12.1 Å². The number of rotatable bonds is 6. The maximum absolute atomic E-state index is 9.32. The van der Waals surface area contributed by atoms with E-state index < -0.39 is 0 Å². The Balaban J connectivity index is 1.68. The van der Waals surface area contributed by atoms with E-state index in [4.69, 9.17) is 4.74 Å². The highest BCUT2D eigenvalue weighted by Gasteiger charge is 2.33. The van der Waals surface area contributed by atoms with Gasteiger partial charge in [-0.1, -0.05) is 0 Å². The Kier molecular flexibility index (Phi) is 4.42. The number of hydrogen-bond acceptors (Lipinski definition) is 4. The fraction of sp³-hybridized carbons (Fsp3) is 1.00. The first-order chi connectivity index (χ1) is 8.15. The maximum Gasteiger partial charge on any atom is 0.0707 e. The number of nitrogens with zero attached hydrogens (tertiary/aromatic N) is 1. The van der Waals surface area contributed by atoms with Crippen LogP contribution in [-0.2, 0) is 4.74 Å². The van der Waals surface area contributed by atoms with Crippen molar-refractivity contribution in [2.75, 3.05) is 33.3 Å². The Morgan fingerprint density at radius 3 is 2.53 bits per heavy atom. The van der Waals surface area contributed by atoms with Gasteiger partial charge >= 0.3 is 0 Å². The molecule has 2 saturated heterocycles. The summed E-state index contributed by atoms with van der Waals surface area (Å²) < 4.78 is 5.82. The van der Waals surface area contributed by atoms with E-state index >= 15 is 0 Å². The lowest BCUT2D eigenvalue weighted by atomic mass is 9.97. The summed E-state index contributed by atoms with van der Waals surface area (Å²) in [6, 6.07) is 0. The van der Waals surface area contributed by atoms with Gasteiger partial charge in [-0.25, -0.2) is 0 Å². The molecule has 17 heavy (non-hydrogen) atoms. The van der Waals surface area contributed by atoms with Crippen molar-refractivity contribution in [2.45, 2.75) is 50.4 Å². The van der Waals surface area contributed by atoms with Gasteiger partial charge in [0.1, 0.15) is 0 Å². The Labute approximate surface area is 104 Å². The van der Waals surface area contributed by atoms with E-state index in [9.17, 15) is 5.11 Å². The third-order valence-corrected chi connectivity index (χ3v) is 4.27. The number of fused-ring (bicyclic) bond motifs is 2. The number of likely N-dealkylation sites (N-methyl/N-ethyl adjacent to an activating group) is 1. The number of nitrogens with one attached hydrogen (secondary N) is 1. The third kappa shape index (κ3) is 3.41. The van der Waals surface area contributed by atoms with Crippen LogP contribution in [-0.4, -0.2) is 61.0 Å². The van der Waals surface area contributed by atoms with E-state index in [0.717, 1.165) is 32.5 Å². The van der Waals surface area contributed by atoms with Crippen molar-refractivity contribution in [3.8, 4) is 0 Å². The summed E-state index contributed by atoms with van der Waals surface area (Å²) in [5.41, 5.74) is -0.120. The predicted molar refractivity (Wildman–Crippen MR) is 68.1 cm³/mol. The first-order valence-electron chi connectivity index (χ1n) is 6.83. The van der Waals surface area contributed by atoms with Crippen LogP contribution in [0.5, 0.6) is 0 Å². The predicted octanol–water partition coefficient (Wildman–Crippen LogP) is 0.600. The number of likely N-dealkylation sites (tertiary alicyclic amines) is 1. The first-order valence-corrected chi connectivity index (χ1v) is 6.83. The second-order valence-electron chi connectivity index (χ2n) is 5.79. The van der Waals surface area contributed by atoms with E-state index in [1.54, 1.807) is 0 Å². The molecule has 0 saturated carbocycles. The number of ether oxygens (including phenoxy) is 1. The Hall–Kier alpha value is -0.160. The first kappa shape index (κ1) is 13.3. The zero-order valence-corrected chi connectivity index (χ0v) is 11.1. The Bertz CT molecular complexity index is 232. The van der Waals surface area contributed by atoms with Crippen molar-refractivity contribution in [2.24, 2.45) is 0 Å². The molecular weight excluding hydrogens is 216 g/mol. The normalized spacial score (nSPS) is 32.6. The van der Waals surface area contributed by atoms with Gasteiger partial charge in [0.2, 0.25) is 0 Å². The molecule has 2 aliphatic rings. The summed E-state index contributed by atoms with van der Waals surface area (Å²) in [6.07, 6.45) is 5.62. The van der Waals surface area contributed by atoms with E-state index in [1.165, 1.54) is 12.8 Å². The number of hydrogen-bond donors (Lipinski definition) is 2. The lowest BCUT2D eigenvalue weighted by molar-refractivity contribution is -0.0391.